The Hall–Kier alpha value is -5.21. The molecule has 0 amide bonds. The molecule has 0 N–H and O–H groups in total. The van der Waals surface area contributed by atoms with Crippen LogP contribution in [-0.2, 0) is 0 Å². The minimum absolute atomic E-state index is 1.08. The smallest absolute Gasteiger partial charge is 0.0645 e. The van der Waals surface area contributed by atoms with Crippen LogP contribution in [0.1, 0.15) is 0 Å². The fourth-order valence-corrected chi connectivity index (χ4v) is 6.70. The first-order valence-corrected chi connectivity index (χ1v) is 13.4. The Balaban J connectivity index is 1.30. The summed E-state index contributed by atoms with van der Waals surface area (Å²) in [7, 11) is 0. The largest absolute Gasteiger partial charge is 0.308 e. The predicted molar refractivity (Wildman–Crippen MR) is 163 cm³/mol. The van der Waals surface area contributed by atoms with E-state index in [2.05, 4.69) is 125 Å². The molecule has 180 valence electrons. The van der Waals surface area contributed by atoms with Crippen molar-refractivity contribution in [1.29, 1.82) is 0 Å². The first-order valence-electron chi connectivity index (χ1n) is 13.4. The van der Waals surface area contributed by atoms with Gasteiger partial charge in [-0.2, -0.15) is 0 Å². The van der Waals surface area contributed by atoms with Crippen LogP contribution in [0.4, 0.5) is 0 Å². The van der Waals surface area contributed by atoms with Crippen molar-refractivity contribution in [2.45, 2.75) is 0 Å². The minimum atomic E-state index is 1.08. The van der Waals surface area contributed by atoms with Crippen LogP contribution >= 0.6 is 0 Å². The topological polar surface area (TPSA) is 17.8 Å². The molecule has 1 aliphatic rings. The lowest BCUT2D eigenvalue weighted by molar-refractivity contribution is 1.14. The molecule has 0 bridgehead atoms. The van der Waals surface area contributed by atoms with Crippen LogP contribution in [0.15, 0.2) is 134 Å². The van der Waals surface area contributed by atoms with Crippen molar-refractivity contribution < 1.29 is 0 Å². The van der Waals surface area contributed by atoms with Crippen molar-refractivity contribution in [2.75, 3.05) is 0 Å². The number of fused-ring (bicyclic) bond motifs is 7. The zero-order valence-corrected chi connectivity index (χ0v) is 21.1. The molecule has 0 fully saturated rings. The highest BCUT2D eigenvalue weighted by Crippen LogP contribution is 2.50. The van der Waals surface area contributed by atoms with Gasteiger partial charge in [-0.3, -0.25) is 4.98 Å². The van der Waals surface area contributed by atoms with Gasteiger partial charge in [0.05, 0.1) is 22.9 Å². The fourth-order valence-electron chi connectivity index (χ4n) is 6.70. The van der Waals surface area contributed by atoms with Crippen LogP contribution in [0.5, 0.6) is 0 Å². The van der Waals surface area contributed by atoms with E-state index in [4.69, 9.17) is 0 Å². The summed E-state index contributed by atoms with van der Waals surface area (Å²) in [4.78, 5) is 4.39. The monoisotopic (exact) mass is 494 g/mol. The standard InChI is InChI=1S/C37H22N2/c1-2-8-24-20-33-31-16-15-27(29-11-5-12-30(37(29)31)32(33)19-23(24)7-1)25-14-17-36-34(21-25)28-10-3-4-13-35(28)39(36)26-9-6-18-38-22-26/h1-22H. The first kappa shape index (κ1) is 20.8. The summed E-state index contributed by atoms with van der Waals surface area (Å²) < 4.78 is 2.32. The highest BCUT2D eigenvalue weighted by atomic mass is 15.0. The van der Waals surface area contributed by atoms with Crippen LogP contribution < -0.4 is 0 Å². The van der Waals surface area contributed by atoms with Crippen LogP contribution in [0, 0.1) is 0 Å². The van der Waals surface area contributed by atoms with Gasteiger partial charge in [-0.1, -0.05) is 78.9 Å². The van der Waals surface area contributed by atoms with E-state index < -0.39 is 0 Å². The number of hydrogen-bond acceptors (Lipinski definition) is 1. The highest BCUT2D eigenvalue weighted by Gasteiger charge is 2.23. The molecule has 0 unspecified atom stereocenters. The van der Waals surface area contributed by atoms with Crippen molar-refractivity contribution in [3.63, 3.8) is 0 Å². The summed E-state index contributed by atoms with van der Waals surface area (Å²) in [5.41, 5.74) is 11.3. The molecule has 0 spiro atoms. The van der Waals surface area contributed by atoms with Gasteiger partial charge in [0.2, 0.25) is 0 Å². The van der Waals surface area contributed by atoms with Crippen molar-refractivity contribution in [3.05, 3.63) is 134 Å². The highest BCUT2D eigenvalue weighted by molar-refractivity contribution is 6.21. The van der Waals surface area contributed by atoms with Gasteiger partial charge < -0.3 is 4.57 Å². The molecular formula is C37H22N2. The molecule has 39 heavy (non-hydrogen) atoms. The van der Waals surface area contributed by atoms with E-state index in [9.17, 15) is 0 Å². The second kappa shape index (κ2) is 7.66. The van der Waals surface area contributed by atoms with Gasteiger partial charge in [0, 0.05) is 17.0 Å². The number of hydrogen-bond donors (Lipinski definition) is 0. The molecule has 2 aromatic heterocycles. The molecule has 0 saturated carbocycles. The first-order chi connectivity index (χ1) is 19.3. The van der Waals surface area contributed by atoms with E-state index >= 15 is 0 Å². The number of para-hydroxylation sites is 1. The molecule has 0 radical (unpaired) electrons. The third kappa shape index (κ3) is 2.83. The second-order valence-corrected chi connectivity index (χ2v) is 10.4. The summed E-state index contributed by atoms with van der Waals surface area (Å²) >= 11 is 0. The normalized spacial score (nSPS) is 12.1. The zero-order valence-electron chi connectivity index (χ0n) is 21.1. The maximum absolute atomic E-state index is 4.39. The third-order valence-electron chi connectivity index (χ3n) is 8.39. The molecule has 2 heteroatoms. The summed E-state index contributed by atoms with van der Waals surface area (Å²) in [5.74, 6) is 0. The van der Waals surface area contributed by atoms with Crippen LogP contribution in [-0.4, -0.2) is 9.55 Å². The molecule has 9 rings (SSSR count). The van der Waals surface area contributed by atoms with Crippen LogP contribution in [0.2, 0.25) is 0 Å². The molecule has 8 aromatic rings. The van der Waals surface area contributed by atoms with Gasteiger partial charge in [-0.05, 0) is 97.4 Å². The van der Waals surface area contributed by atoms with Gasteiger partial charge in [-0.15, -0.1) is 0 Å². The summed E-state index contributed by atoms with van der Waals surface area (Å²) in [6, 6.07) is 44.5. The lowest BCUT2D eigenvalue weighted by Crippen LogP contribution is -1.93. The van der Waals surface area contributed by atoms with Gasteiger partial charge in [0.15, 0.2) is 0 Å². The van der Waals surface area contributed by atoms with Crippen molar-refractivity contribution >= 4 is 43.4 Å². The van der Waals surface area contributed by atoms with E-state index in [1.54, 1.807) is 0 Å². The zero-order chi connectivity index (χ0) is 25.5. The van der Waals surface area contributed by atoms with Gasteiger partial charge in [-0.25, -0.2) is 0 Å². The second-order valence-electron chi connectivity index (χ2n) is 10.4. The van der Waals surface area contributed by atoms with E-state index in [1.165, 1.54) is 76.7 Å². The SMILES string of the molecule is c1cncc(-n2c3ccccc3c3cc(-c4ccc5c6c(cccc46)-c4cc6ccccc6cc4-5)ccc32)c1. The van der Waals surface area contributed by atoms with Gasteiger partial charge >= 0.3 is 0 Å². The van der Waals surface area contributed by atoms with E-state index in [1.807, 2.05) is 18.5 Å². The van der Waals surface area contributed by atoms with Crippen LogP contribution in [0.3, 0.4) is 0 Å². The van der Waals surface area contributed by atoms with Crippen molar-refractivity contribution in [2.24, 2.45) is 0 Å². The van der Waals surface area contributed by atoms with E-state index in [0.717, 1.165) is 5.69 Å². The third-order valence-corrected chi connectivity index (χ3v) is 8.39. The summed E-state index contributed by atoms with van der Waals surface area (Å²) in [6.07, 6.45) is 3.76. The number of benzene rings is 6. The average Bonchev–Trinajstić information content (AvgIpc) is 3.50. The Morgan fingerprint density at radius 1 is 0.462 bits per heavy atom. The fraction of sp³-hybridized carbons (Fsp3) is 0. The minimum Gasteiger partial charge on any atom is -0.308 e. The number of pyridine rings is 1. The van der Waals surface area contributed by atoms with Crippen molar-refractivity contribution in [1.82, 2.24) is 9.55 Å². The number of rotatable bonds is 2. The van der Waals surface area contributed by atoms with Gasteiger partial charge in [0.25, 0.3) is 0 Å². The molecule has 1 aliphatic carbocycles. The Morgan fingerprint density at radius 3 is 2.00 bits per heavy atom. The maximum Gasteiger partial charge on any atom is 0.0645 e. The lowest BCUT2D eigenvalue weighted by Gasteiger charge is -2.11. The molecule has 2 heterocycles. The molecule has 0 atom stereocenters. The molecule has 0 aliphatic heterocycles. The van der Waals surface area contributed by atoms with E-state index in [0.29, 0.717) is 0 Å². The molecule has 6 aromatic carbocycles. The Kier molecular flexibility index (Phi) is 4.08. The average molecular weight is 495 g/mol. The summed E-state index contributed by atoms with van der Waals surface area (Å²) in [6.45, 7) is 0. The maximum atomic E-state index is 4.39. The predicted octanol–water partition coefficient (Wildman–Crippen LogP) is 9.80. The molecule has 0 saturated heterocycles. The Bertz CT molecular complexity index is 2220. The van der Waals surface area contributed by atoms with Crippen molar-refractivity contribution in [3.8, 4) is 39.1 Å². The molecule has 2 nitrogen and oxygen atoms in total. The van der Waals surface area contributed by atoms with Crippen LogP contribution in [0.25, 0.3) is 82.4 Å². The lowest BCUT2D eigenvalue weighted by atomic mass is 9.93. The Labute approximate surface area is 225 Å². The summed E-state index contributed by atoms with van der Waals surface area (Å²) in [5, 5.41) is 7.75. The number of aromatic nitrogens is 2. The van der Waals surface area contributed by atoms with E-state index in [-0.39, 0.29) is 0 Å². The molecular weight excluding hydrogens is 472 g/mol. The number of nitrogens with zero attached hydrogens (tertiary/aromatic N) is 2. The van der Waals surface area contributed by atoms with Gasteiger partial charge in [0.1, 0.15) is 0 Å². The Morgan fingerprint density at radius 2 is 1.18 bits per heavy atom. The quantitative estimate of drug-likeness (QED) is 0.234.